The number of hydrogen-bond donors (Lipinski definition) is 6. The second-order valence-corrected chi connectivity index (χ2v) is 14.1. The van der Waals surface area contributed by atoms with E-state index in [0.717, 1.165) is 70.6 Å². The zero-order valence-electron chi connectivity index (χ0n) is 29.0. The summed E-state index contributed by atoms with van der Waals surface area (Å²) < 4.78 is 33.1. The van der Waals surface area contributed by atoms with E-state index in [1.165, 1.54) is 25.7 Å². The summed E-state index contributed by atoms with van der Waals surface area (Å²) in [5, 5.41) is 49.7. The van der Waals surface area contributed by atoms with Gasteiger partial charge in [-0.15, -0.1) is 0 Å². The Hall–Kier alpha value is -1.41. The maximum absolute atomic E-state index is 12.7. The molecule has 0 radical (unpaired) electrons. The molecule has 0 aromatic carbocycles. The number of phosphoric ester groups is 1. The van der Waals surface area contributed by atoms with E-state index < -0.39 is 75.7 Å². The Balaban J connectivity index is 2.56. The smallest absolute Gasteiger partial charge is 0.462 e. The van der Waals surface area contributed by atoms with Gasteiger partial charge in [-0.1, -0.05) is 96.6 Å². The Morgan fingerprint density at radius 1 is 0.625 bits per heavy atom. The van der Waals surface area contributed by atoms with Gasteiger partial charge in [0.25, 0.3) is 0 Å². The van der Waals surface area contributed by atoms with E-state index in [-0.39, 0.29) is 12.8 Å². The van der Waals surface area contributed by atoms with Gasteiger partial charge in [0.2, 0.25) is 0 Å². The van der Waals surface area contributed by atoms with Crippen LogP contribution in [0, 0.1) is 0 Å². The Kier molecular flexibility index (Phi) is 24.5. The van der Waals surface area contributed by atoms with Gasteiger partial charge in [0.05, 0.1) is 6.61 Å². The molecule has 0 aliphatic heterocycles. The number of aliphatic hydroxyl groups excluding tert-OH is 5. The van der Waals surface area contributed by atoms with Crippen LogP contribution in [-0.4, -0.2) is 98.3 Å². The zero-order valence-corrected chi connectivity index (χ0v) is 29.9. The number of rotatable bonds is 28. The summed E-state index contributed by atoms with van der Waals surface area (Å²) in [7, 11) is -5.10. The first-order valence-corrected chi connectivity index (χ1v) is 19.5. The lowest BCUT2D eigenvalue weighted by Crippen LogP contribution is -2.64. The molecule has 8 atom stereocenters. The predicted molar refractivity (Wildman–Crippen MR) is 180 cm³/mol. The maximum Gasteiger partial charge on any atom is 0.472 e. The number of carbonyl (C=O) groups excluding carboxylic acids is 2. The average Bonchev–Trinajstić information content (AvgIpc) is 3.06. The highest BCUT2D eigenvalue weighted by Crippen LogP contribution is 2.47. The number of hydrogen-bond acceptors (Lipinski definition) is 12. The quantitative estimate of drug-likeness (QED) is 0.0280. The lowest BCUT2D eigenvalue weighted by Gasteiger charge is -2.41. The predicted octanol–water partition coefficient (Wildman–Crippen LogP) is 4.77. The van der Waals surface area contributed by atoms with Crippen molar-refractivity contribution in [1.29, 1.82) is 0 Å². The Morgan fingerprint density at radius 3 is 1.62 bits per heavy atom. The Bertz CT molecular complexity index is 917. The zero-order chi connectivity index (χ0) is 35.8. The highest BCUT2D eigenvalue weighted by atomic mass is 31.2. The van der Waals surface area contributed by atoms with Crippen molar-refractivity contribution in [3.05, 3.63) is 12.2 Å². The minimum atomic E-state index is -5.10. The van der Waals surface area contributed by atoms with Crippen molar-refractivity contribution >= 4 is 19.8 Å². The molecule has 1 rings (SSSR count). The first kappa shape index (κ1) is 44.6. The molecule has 0 aromatic rings. The topological polar surface area (TPSA) is 210 Å². The van der Waals surface area contributed by atoms with E-state index >= 15 is 0 Å². The summed E-state index contributed by atoms with van der Waals surface area (Å²) >= 11 is 0. The van der Waals surface area contributed by atoms with E-state index in [2.05, 4.69) is 26.0 Å². The lowest BCUT2D eigenvalue weighted by atomic mass is 9.85. The first-order chi connectivity index (χ1) is 22.9. The molecule has 6 N–H and O–H groups in total. The molecule has 0 aromatic heterocycles. The third kappa shape index (κ3) is 19.7. The van der Waals surface area contributed by atoms with Gasteiger partial charge in [-0.2, -0.15) is 0 Å². The molecule has 282 valence electrons. The van der Waals surface area contributed by atoms with Crippen LogP contribution in [0.1, 0.15) is 136 Å². The van der Waals surface area contributed by atoms with E-state index in [4.69, 9.17) is 18.5 Å². The van der Waals surface area contributed by atoms with Gasteiger partial charge in [-0.3, -0.25) is 18.6 Å². The van der Waals surface area contributed by atoms with Gasteiger partial charge in [-0.05, 0) is 38.5 Å². The largest absolute Gasteiger partial charge is 0.472 e. The molecular weight excluding hydrogens is 647 g/mol. The third-order valence-electron chi connectivity index (χ3n) is 8.36. The summed E-state index contributed by atoms with van der Waals surface area (Å²) in [6.45, 7) is 3.15. The maximum atomic E-state index is 12.7. The molecule has 0 bridgehead atoms. The van der Waals surface area contributed by atoms with Crippen LogP contribution in [0.15, 0.2) is 12.2 Å². The standard InChI is InChI=1S/C34H63O13P/c1-3-5-7-9-11-12-13-14-15-17-18-20-22-27(35)44-24-26(46-28(36)23-21-19-16-10-8-6-4-2)25-45-48(42,43)47-34-32(40)30(38)29(37)31(39)33(34)41/h11-12,26,29-34,37-41H,3-10,13-25H2,1-2H3,(H,42,43)/b12-11+/t26-,29?,30-,31?,32?,33?,34?/m1/s1. The number of ether oxygens (including phenoxy) is 2. The van der Waals surface area contributed by atoms with Crippen LogP contribution in [0.3, 0.4) is 0 Å². The van der Waals surface area contributed by atoms with Crippen LogP contribution >= 0.6 is 7.82 Å². The van der Waals surface area contributed by atoms with E-state index in [1.54, 1.807) is 0 Å². The van der Waals surface area contributed by atoms with Crippen LogP contribution in [-0.2, 0) is 32.7 Å². The Morgan fingerprint density at radius 2 is 1.06 bits per heavy atom. The number of carbonyl (C=O) groups is 2. The number of phosphoric acid groups is 1. The van der Waals surface area contributed by atoms with Gasteiger partial charge in [0, 0.05) is 12.8 Å². The summed E-state index contributed by atoms with van der Waals surface area (Å²) in [4.78, 5) is 35.2. The highest BCUT2D eigenvalue weighted by molar-refractivity contribution is 7.47. The van der Waals surface area contributed by atoms with Crippen molar-refractivity contribution in [2.24, 2.45) is 0 Å². The molecule has 1 aliphatic rings. The fraction of sp³-hybridized carbons (Fsp3) is 0.882. The van der Waals surface area contributed by atoms with E-state index in [9.17, 15) is 44.6 Å². The normalized spacial score (nSPS) is 24.8. The molecule has 48 heavy (non-hydrogen) atoms. The molecule has 14 heteroatoms. The molecule has 0 spiro atoms. The monoisotopic (exact) mass is 710 g/mol. The fourth-order valence-corrected chi connectivity index (χ4v) is 6.31. The van der Waals surface area contributed by atoms with Crippen molar-refractivity contribution in [1.82, 2.24) is 0 Å². The number of allylic oxidation sites excluding steroid dienone is 2. The van der Waals surface area contributed by atoms with Gasteiger partial charge in [0.15, 0.2) is 6.10 Å². The minimum absolute atomic E-state index is 0.0960. The summed E-state index contributed by atoms with van der Waals surface area (Å²) in [6.07, 6.45) is 9.02. The molecule has 1 fully saturated rings. The lowest BCUT2D eigenvalue weighted by molar-refractivity contribution is -0.220. The number of aliphatic hydroxyl groups is 5. The fourth-order valence-electron chi connectivity index (χ4n) is 5.34. The van der Waals surface area contributed by atoms with Gasteiger partial charge < -0.3 is 39.9 Å². The van der Waals surface area contributed by atoms with E-state index in [1.807, 2.05) is 0 Å². The number of esters is 2. The summed E-state index contributed by atoms with van der Waals surface area (Å²) in [6, 6.07) is 0. The van der Waals surface area contributed by atoms with Crippen molar-refractivity contribution in [3.63, 3.8) is 0 Å². The van der Waals surface area contributed by atoms with Gasteiger partial charge in [-0.25, -0.2) is 4.57 Å². The SMILES string of the molecule is CCCCC/C=C/CCCCCCCC(=O)OC[C@H](COP(=O)(O)OC1C(O)C(O)C(O)[C@@H](O)C1O)OC(=O)CCCCCCCCC. The molecule has 1 aliphatic carbocycles. The van der Waals surface area contributed by atoms with Crippen LogP contribution in [0.2, 0.25) is 0 Å². The second-order valence-electron chi connectivity index (χ2n) is 12.7. The second kappa shape index (κ2) is 26.4. The Labute approximate surface area is 286 Å². The van der Waals surface area contributed by atoms with E-state index in [0.29, 0.717) is 12.8 Å². The average molecular weight is 711 g/mol. The molecule has 0 heterocycles. The van der Waals surface area contributed by atoms with Crippen molar-refractivity contribution in [2.75, 3.05) is 13.2 Å². The van der Waals surface area contributed by atoms with Crippen LogP contribution in [0.5, 0.6) is 0 Å². The summed E-state index contributed by atoms with van der Waals surface area (Å²) in [5.74, 6) is -1.12. The minimum Gasteiger partial charge on any atom is -0.462 e. The van der Waals surface area contributed by atoms with Gasteiger partial charge in [0.1, 0.15) is 43.2 Å². The van der Waals surface area contributed by atoms with Crippen LogP contribution < -0.4 is 0 Å². The molecule has 6 unspecified atom stereocenters. The van der Waals surface area contributed by atoms with Crippen LogP contribution in [0.25, 0.3) is 0 Å². The van der Waals surface area contributed by atoms with Crippen molar-refractivity contribution in [2.45, 2.75) is 179 Å². The van der Waals surface area contributed by atoms with Crippen LogP contribution in [0.4, 0.5) is 0 Å². The molecule has 0 amide bonds. The third-order valence-corrected chi connectivity index (χ3v) is 9.34. The number of unbranched alkanes of at least 4 members (excludes halogenated alkanes) is 14. The first-order valence-electron chi connectivity index (χ1n) is 18.0. The highest BCUT2D eigenvalue weighted by Gasteiger charge is 2.51. The van der Waals surface area contributed by atoms with Gasteiger partial charge >= 0.3 is 19.8 Å². The van der Waals surface area contributed by atoms with Crippen molar-refractivity contribution < 1.29 is 63.1 Å². The molecule has 13 nitrogen and oxygen atoms in total. The molecular formula is C34H63O13P. The summed E-state index contributed by atoms with van der Waals surface area (Å²) in [5.41, 5.74) is 0. The van der Waals surface area contributed by atoms with Crippen molar-refractivity contribution in [3.8, 4) is 0 Å². The molecule has 1 saturated carbocycles. The molecule has 0 saturated heterocycles.